The molecular formula is C15H20N4O. The number of nitrogens with one attached hydrogen (secondary N) is 3. The van der Waals surface area contributed by atoms with E-state index >= 15 is 0 Å². The highest BCUT2D eigenvalue weighted by Gasteiger charge is 2.38. The van der Waals surface area contributed by atoms with E-state index in [1.54, 1.807) is 6.33 Å². The number of aromatic nitrogens is 2. The Kier molecular flexibility index (Phi) is 3.22. The van der Waals surface area contributed by atoms with E-state index in [0.29, 0.717) is 11.6 Å². The summed E-state index contributed by atoms with van der Waals surface area (Å²) in [6.45, 7) is 4.20. The largest absolute Gasteiger partial charge is 0.345 e. The van der Waals surface area contributed by atoms with Crippen molar-refractivity contribution in [3.05, 3.63) is 30.1 Å². The van der Waals surface area contributed by atoms with Crippen molar-refractivity contribution >= 4 is 16.9 Å². The number of benzene rings is 1. The molecule has 1 aliphatic carbocycles. The molecule has 1 aromatic heterocycles. The van der Waals surface area contributed by atoms with Crippen LogP contribution in [0.4, 0.5) is 0 Å². The predicted octanol–water partition coefficient (Wildman–Crippen LogP) is 2.17. The van der Waals surface area contributed by atoms with Crippen LogP contribution in [0.1, 0.15) is 43.5 Å². The van der Waals surface area contributed by atoms with Gasteiger partial charge in [0.05, 0.1) is 23.1 Å². The Morgan fingerprint density at radius 2 is 2.20 bits per heavy atom. The molecule has 1 aliphatic rings. The molecule has 0 saturated heterocycles. The molecule has 0 atom stereocenters. The van der Waals surface area contributed by atoms with Crippen molar-refractivity contribution in [1.82, 2.24) is 20.6 Å². The van der Waals surface area contributed by atoms with Gasteiger partial charge in [0.25, 0.3) is 5.91 Å². The second-order valence-electron chi connectivity index (χ2n) is 5.79. The van der Waals surface area contributed by atoms with Crippen LogP contribution >= 0.6 is 0 Å². The lowest BCUT2D eigenvalue weighted by Gasteiger charge is -2.44. The van der Waals surface area contributed by atoms with Crippen LogP contribution in [0.5, 0.6) is 0 Å². The highest BCUT2D eigenvalue weighted by atomic mass is 16.2. The normalized spacial score (nSPS) is 17.1. The molecule has 0 unspecified atom stereocenters. The van der Waals surface area contributed by atoms with Gasteiger partial charge in [-0.1, -0.05) is 6.07 Å². The van der Waals surface area contributed by atoms with Gasteiger partial charge in [-0.3, -0.25) is 10.1 Å². The molecule has 20 heavy (non-hydrogen) atoms. The fourth-order valence-electron chi connectivity index (χ4n) is 2.82. The van der Waals surface area contributed by atoms with E-state index in [9.17, 15) is 4.79 Å². The third kappa shape index (κ3) is 2.29. The summed E-state index contributed by atoms with van der Waals surface area (Å²) in [6.07, 6.45) is 4.72. The highest BCUT2D eigenvalue weighted by Crippen LogP contribution is 2.30. The fraction of sp³-hybridized carbons (Fsp3) is 0.467. The maximum atomic E-state index is 12.5. The van der Waals surface area contributed by atoms with Crippen molar-refractivity contribution in [2.45, 2.75) is 44.8 Å². The minimum Gasteiger partial charge on any atom is -0.345 e. The Labute approximate surface area is 118 Å². The van der Waals surface area contributed by atoms with Crippen molar-refractivity contribution in [3.63, 3.8) is 0 Å². The van der Waals surface area contributed by atoms with Gasteiger partial charge in [-0.2, -0.15) is 0 Å². The van der Waals surface area contributed by atoms with Gasteiger partial charge in [-0.05, 0) is 45.2 Å². The SMILES string of the molecule is CC(C)NC1(NC(=O)c2cccc3[nH]cnc23)CCC1. The van der Waals surface area contributed by atoms with Gasteiger partial charge in [0.15, 0.2) is 0 Å². The minimum absolute atomic E-state index is 0.0597. The second-order valence-corrected chi connectivity index (χ2v) is 5.79. The number of fused-ring (bicyclic) bond motifs is 1. The lowest BCUT2D eigenvalue weighted by atomic mass is 9.84. The average molecular weight is 272 g/mol. The van der Waals surface area contributed by atoms with E-state index in [0.717, 1.165) is 30.3 Å². The standard InChI is InChI=1S/C15H20N4O/c1-10(2)18-15(7-4-8-15)19-14(20)11-5-3-6-12-13(11)17-9-16-12/h3,5-6,9-10,18H,4,7-8H2,1-2H3,(H,16,17)(H,19,20). The molecule has 106 valence electrons. The zero-order chi connectivity index (χ0) is 14.2. The smallest absolute Gasteiger partial charge is 0.254 e. The van der Waals surface area contributed by atoms with Gasteiger partial charge in [0, 0.05) is 6.04 Å². The first kappa shape index (κ1) is 13.1. The molecule has 1 fully saturated rings. The highest BCUT2D eigenvalue weighted by molar-refractivity contribution is 6.05. The van der Waals surface area contributed by atoms with Crippen molar-refractivity contribution in [2.75, 3.05) is 0 Å². The zero-order valence-corrected chi connectivity index (χ0v) is 11.9. The summed E-state index contributed by atoms with van der Waals surface area (Å²) in [5.41, 5.74) is 1.99. The quantitative estimate of drug-likeness (QED) is 0.747. The number of carbonyl (C=O) groups excluding carboxylic acids is 1. The van der Waals surface area contributed by atoms with Gasteiger partial charge in [-0.15, -0.1) is 0 Å². The Morgan fingerprint density at radius 3 is 2.85 bits per heavy atom. The third-order valence-electron chi connectivity index (χ3n) is 3.82. The summed E-state index contributed by atoms with van der Waals surface area (Å²) in [4.78, 5) is 19.8. The first-order valence-electron chi connectivity index (χ1n) is 7.12. The monoisotopic (exact) mass is 272 g/mol. The van der Waals surface area contributed by atoms with E-state index in [1.165, 1.54) is 0 Å². The summed E-state index contributed by atoms with van der Waals surface area (Å²) < 4.78 is 0. The molecule has 3 rings (SSSR count). The number of hydrogen-bond donors (Lipinski definition) is 3. The predicted molar refractivity (Wildman–Crippen MR) is 78.4 cm³/mol. The molecule has 1 amide bonds. The second kappa shape index (κ2) is 4.90. The summed E-state index contributed by atoms with van der Waals surface area (Å²) in [5.74, 6) is -0.0597. The summed E-state index contributed by atoms with van der Waals surface area (Å²) >= 11 is 0. The number of para-hydroxylation sites is 1. The Bertz CT molecular complexity index is 628. The molecule has 5 nitrogen and oxygen atoms in total. The van der Waals surface area contributed by atoms with Crippen LogP contribution in [0.25, 0.3) is 11.0 Å². The van der Waals surface area contributed by atoms with E-state index in [1.807, 2.05) is 18.2 Å². The van der Waals surface area contributed by atoms with Crippen LogP contribution in [0.3, 0.4) is 0 Å². The number of amides is 1. The number of imidazole rings is 1. The van der Waals surface area contributed by atoms with Crippen LogP contribution in [-0.4, -0.2) is 27.6 Å². The maximum absolute atomic E-state index is 12.5. The molecule has 0 aliphatic heterocycles. The molecule has 5 heteroatoms. The molecule has 0 spiro atoms. The number of H-pyrrole nitrogens is 1. The fourth-order valence-corrected chi connectivity index (χ4v) is 2.82. The van der Waals surface area contributed by atoms with Crippen molar-refractivity contribution < 1.29 is 4.79 Å². The van der Waals surface area contributed by atoms with Gasteiger partial charge in [0.2, 0.25) is 0 Å². The molecule has 3 N–H and O–H groups in total. The molecule has 0 bridgehead atoms. The lowest BCUT2D eigenvalue weighted by Crippen LogP contribution is -2.64. The van der Waals surface area contributed by atoms with E-state index in [-0.39, 0.29) is 11.6 Å². The van der Waals surface area contributed by atoms with Crippen LogP contribution in [-0.2, 0) is 0 Å². The zero-order valence-electron chi connectivity index (χ0n) is 11.9. The Balaban J connectivity index is 1.84. The molecule has 1 saturated carbocycles. The van der Waals surface area contributed by atoms with E-state index in [4.69, 9.17) is 0 Å². The first-order valence-corrected chi connectivity index (χ1v) is 7.12. The molecule has 1 heterocycles. The Morgan fingerprint density at radius 1 is 1.40 bits per heavy atom. The van der Waals surface area contributed by atoms with Gasteiger partial charge in [-0.25, -0.2) is 4.98 Å². The topological polar surface area (TPSA) is 69.8 Å². The van der Waals surface area contributed by atoms with Crippen molar-refractivity contribution in [2.24, 2.45) is 0 Å². The van der Waals surface area contributed by atoms with Crippen LogP contribution in [0, 0.1) is 0 Å². The number of carbonyl (C=O) groups is 1. The third-order valence-corrected chi connectivity index (χ3v) is 3.82. The van der Waals surface area contributed by atoms with Crippen LogP contribution in [0.2, 0.25) is 0 Å². The van der Waals surface area contributed by atoms with Crippen LogP contribution < -0.4 is 10.6 Å². The van der Waals surface area contributed by atoms with Gasteiger partial charge >= 0.3 is 0 Å². The summed E-state index contributed by atoms with van der Waals surface area (Å²) in [5, 5.41) is 6.63. The molecule has 0 radical (unpaired) electrons. The summed E-state index contributed by atoms with van der Waals surface area (Å²) in [6, 6.07) is 5.96. The van der Waals surface area contributed by atoms with E-state index in [2.05, 4.69) is 34.4 Å². The van der Waals surface area contributed by atoms with Crippen molar-refractivity contribution in [1.29, 1.82) is 0 Å². The lowest BCUT2D eigenvalue weighted by molar-refractivity contribution is 0.0737. The van der Waals surface area contributed by atoms with Crippen LogP contribution in [0.15, 0.2) is 24.5 Å². The number of nitrogens with zero attached hydrogens (tertiary/aromatic N) is 1. The molecule has 1 aromatic carbocycles. The van der Waals surface area contributed by atoms with Gasteiger partial charge in [0.1, 0.15) is 5.52 Å². The average Bonchev–Trinajstić information content (AvgIpc) is 2.83. The number of rotatable bonds is 4. The first-order chi connectivity index (χ1) is 9.60. The van der Waals surface area contributed by atoms with E-state index < -0.39 is 0 Å². The molecular weight excluding hydrogens is 252 g/mol. The summed E-state index contributed by atoms with van der Waals surface area (Å²) in [7, 11) is 0. The number of aromatic amines is 1. The van der Waals surface area contributed by atoms with Crippen molar-refractivity contribution in [3.8, 4) is 0 Å². The molecule has 2 aromatic rings. The minimum atomic E-state index is -0.246. The van der Waals surface area contributed by atoms with Gasteiger partial charge < -0.3 is 10.3 Å². The Hall–Kier alpha value is -1.88. The maximum Gasteiger partial charge on any atom is 0.254 e. The number of hydrogen-bond acceptors (Lipinski definition) is 3.